The van der Waals surface area contributed by atoms with Gasteiger partial charge in [0.1, 0.15) is 9.77 Å². The molecule has 0 aromatic carbocycles. The van der Waals surface area contributed by atoms with E-state index in [1.54, 1.807) is 26.2 Å². The molecule has 1 aromatic heterocycles. The third-order valence-corrected chi connectivity index (χ3v) is 6.74. The molecule has 112 valence electrons. The maximum absolute atomic E-state index is 12.8. The molecule has 0 aliphatic carbocycles. The standard InChI is InChI=1S/C12H17NO5S2/c1-8-6-19-9(11(14)15)10(8)20(16,17)13-4-5-18-7-12(13,2)3/h6H,4-5,7H2,1-3H3,(H,14,15). The number of morpholine rings is 1. The van der Waals surface area contributed by atoms with Gasteiger partial charge in [-0.25, -0.2) is 13.2 Å². The average Bonchev–Trinajstić information content (AvgIpc) is 2.71. The number of nitrogens with zero attached hydrogens (tertiary/aromatic N) is 1. The van der Waals surface area contributed by atoms with E-state index in [1.165, 1.54) is 4.31 Å². The lowest BCUT2D eigenvalue weighted by Crippen LogP contribution is -2.55. The fraction of sp³-hybridized carbons (Fsp3) is 0.583. The third-order valence-electron chi connectivity index (χ3n) is 3.23. The molecule has 1 fully saturated rings. The third kappa shape index (κ3) is 2.48. The summed E-state index contributed by atoms with van der Waals surface area (Å²) in [5.41, 5.74) is -0.226. The van der Waals surface area contributed by atoms with Crippen molar-refractivity contribution >= 4 is 27.3 Å². The molecule has 20 heavy (non-hydrogen) atoms. The second-order valence-corrected chi connectivity index (χ2v) is 8.00. The van der Waals surface area contributed by atoms with Gasteiger partial charge in [-0.05, 0) is 31.7 Å². The van der Waals surface area contributed by atoms with Crippen molar-refractivity contribution in [3.8, 4) is 0 Å². The van der Waals surface area contributed by atoms with Gasteiger partial charge in [-0.3, -0.25) is 0 Å². The first-order valence-corrected chi connectivity index (χ1v) is 8.42. The second-order valence-electron chi connectivity index (χ2n) is 5.32. The van der Waals surface area contributed by atoms with Crippen molar-refractivity contribution in [3.05, 3.63) is 15.8 Å². The van der Waals surface area contributed by atoms with E-state index in [1.807, 2.05) is 0 Å². The van der Waals surface area contributed by atoms with E-state index in [2.05, 4.69) is 0 Å². The van der Waals surface area contributed by atoms with Gasteiger partial charge in [0, 0.05) is 6.54 Å². The molecule has 0 spiro atoms. The van der Waals surface area contributed by atoms with Crippen LogP contribution in [0, 0.1) is 6.92 Å². The normalized spacial score (nSPS) is 19.9. The van der Waals surface area contributed by atoms with Gasteiger partial charge in [-0.1, -0.05) is 0 Å². The van der Waals surface area contributed by atoms with Gasteiger partial charge in [0.2, 0.25) is 10.0 Å². The Hall–Kier alpha value is -0.960. The van der Waals surface area contributed by atoms with Gasteiger partial charge in [-0.2, -0.15) is 4.31 Å². The van der Waals surface area contributed by atoms with Crippen LogP contribution in [0.15, 0.2) is 10.3 Å². The minimum atomic E-state index is -3.85. The Morgan fingerprint density at radius 2 is 2.15 bits per heavy atom. The molecule has 1 aliphatic rings. The number of hydrogen-bond acceptors (Lipinski definition) is 5. The van der Waals surface area contributed by atoms with Crippen LogP contribution in [-0.2, 0) is 14.8 Å². The zero-order chi connectivity index (χ0) is 15.1. The first kappa shape index (κ1) is 15.4. The summed E-state index contributed by atoms with van der Waals surface area (Å²) in [6.07, 6.45) is 0. The van der Waals surface area contributed by atoms with Crippen LogP contribution in [-0.4, -0.2) is 49.1 Å². The van der Waals surface area contributed by atoms with E-state index in [0.29, 0.717) is 12.2 Å². The minimum Gasteiger partial charge on any atom is -0.477 e. The molecule has 2 heterocycles. The smallest absolute Gasteiger partial charge is 0.347 e. The highest BCUT2D eigenvalue weighted by Gasteiger charge is 2.42. The fourth-order valence-electron chi connectivity index (χ4n) is 2.30. The lowest BCUT2D eigenvalue weighted by Gasteiger charge is -2.40. The van der Waals surface area contributed by atoms with E-state index in [0.717, 1.165) is 11.3 Å². The molecule has 6 nitrogen and oxygen atoms in total. The van der Waals surface area contributed by atoms with Crippen molar-refractivity contribution < 1.29 is 23.1 Å². The van der Waals surface area contributed by atoms with Crippen molar-refractivity contribution in [1.29, 1.82) is 0 Å². The molecule has 2 rings (SSSR count). The zero-order valence-corrected chi connectivity index (χ0v) is 13.2. The number of aromatic carboxylic acids is 1. The van der Waals surface area contributed by atoms with Crippen molar-refractivity contribution in [2.45, 2.75) is 31.2 Å². The Bertz CT molecular complexity index is 632. The fourth-order valence-corrected chi connectivity index (χ4v) is 5.64. The lowest BCUT2D eigenvalue weighted by atomic mass is 10.1. The van der Waals surface area contributed by atoms with Gasteiger partial charge >= 0.3 is 5.97 Å². The number of carboxylic acids is 1. The predicted molar refractivity (Wildman–Crippen MR) is 74.8 cm³/mol. The molecule has 0 unspecified atom stereocenters. The summed E-state index contributed by atoms with van der Waals surface area (Å²) < 4.78 is 32.3. The molecule has 0 radical (unpaired) electrons. The summed E-state index contributed by atoms with van der Waals surface area (Å²) in [6.45, 7) is 5.98. The Morgan fingerprint density at radius 1 is 1.50 bits per heavy atom. The summed E-state index contributed by atoms with van der Waals surface area (Å²) in [6, 6.07) is 0. The van der Waals surface area contributed by atoms with Crippen molar-refractivity contribution in [2.24, 2.45) is 0 Å². The van der Waals surface area contributed by atoms with Crippen molar-refractivity contribution in [3.63, 3.8) is 0 Å². The van der Waals surface area contributed by atoms with Gasteiger partial charge in [0.25, 0.3) is 0 Å². The molecule has 1 saturated heterocycles. The van der Waals surface area contributed by atoms with E-state index in [9.17, 15) is 18.3 Å². The lowest BCUT2D eigenvalue weighted by molar-refractivity contribution is -0.00774. The van der Waals surface area contributed by atoms with Crippen molar-refractivity contribution in [2.75, 3.05) is 19.8 Å². The largest absolute Gasteiger partial charge is 0.477 e. The van der Waals surface area contributed by atoms with Crippen LogP contribution in [0.5, 0.6) is 0 Å². The summed E-state index contributed by atoms with van der Waals surface area (Å²) in [5.74, 6) is -1.22. The second kappa shape index (κ2) is 5.10. The highest BCUT2D eigenvalue weighted by Crippen LogP contribution is 2.33. The maximum Gasteiger partial charge on any atom is 0.347 e. The quantitative estimate of drug-likeness (QED) is 0.914. The summed E-state index contributed by atoms with van der Waals surface area (Å²) in [7, 11) is -3.85. The van der Waals surface area contributed by atoms with E-state index < -0.39 is 21.5 Å². The molecule has 0 saturated carbocycles. The van der Waals surface area contributed by atoms with Gasteiger partial charge in [0.05, 0.1) is 18.8 Å². The first-order valence-electron chi connectivity index (χ1n) is 6.10. The number of carboxylic acid groups (broad SMARTS) is 1. The number of carbonyl (C=O) groups is 1. The first-order chi connectivity index (χ1) is 9.18. The van der Waals surface area contributed by atoms with Crippen LogP contribution in [0.2, 0.25) is 0 Å². The van der Waals surface area contributed by atoms with Gasteiger partial charge < -0.3 is 9.84 Å². The maximum atomic E-state index is 12.8. The monoisotopic (exact) mass is 319 g/mol. The Labute approximate surface area is 122 Å². The van der Waals surface area contributed by atoms with Crippen LogP contribution in [0.3, 0.4) is 0 Å². The highest BCUT2D eigenvalue weighted by molar-refractivity contribution is 7.89. The van der Waals surface area contributed by atoms with Crippen LogP contribution < -0.4 is 0 Å². The number of hydrogen-bond donors (Lipinski definition) is 1. The molecule has 1 N–H and O–H groups in total. The van der Waals surface area contributed by atoms with E-state index in [-0.39, 0.29) is 22.9 Å². The number of sulfonamides is 1. The summed E-state index contributed by atoms with van der Waals surface area (Å²) in [5, 5.41) is 10.7. The van der Waals surface area contributed by atoms with Gasteiger partial charge in [0.15, 0.2) is 0 Å². The van der Waals surface area contributed by atoms with Crippen LogP contribution in [0.4, 0.5) is 0 Å². The van der Waals surface area contributed by atoms with Crippen LogP contribution in [0.1, 0.15) is 29.1 Å². The molecular formula is C12H17NO5S2. The number of rotatable bonds is 3. The van der Waals surface area contributed by atoms with E-state index in [4.69, 9.17) is 4.74 Å². The molecular weight excluding hydrogens is 302 g/mol. The minimum absolute atomic E-state index is 0.0926. The Balaban J connectivity index is 2.56. The van der Waals surface area contributed by atoms with E-state index >= 15 is 0 Å². The van der Waals surface area contributed by atoms with Crippen molar-refractivity contribution in [1.82, 2.24) is 4.31 Å². The molecule has 1 aromatic rings. The predicted octanol–water partition coefficient (Wildman–Crippen LogP) is 1.55. The van der Waals surface area contributed by atoms with Crippen LogP contribution in [0.25, 0.3) is 0 Å². The Kier molecular flexibility index (Phi) is 3.94. The van der Waals surface area contributed by atoms with Crippen LogP contribution >= 0.6 is 11.3 Å². The molecule has 0 amide bonds. The number of aryl methyl sites for hydroxylation is 1. The molecule has 0 bridgehead atoms. The highest BCUT2D eigenvalue weighted by atomic mass is 32.2. The topological polar surface area (TPSA) is 83.9 Å². The zero-order valence-electron chi connectivity index (χ0n) is 11.5. The molecule has 0 atom stereocenters. The summed E-state index contributed by atoms with van der Waals surface area (Å²) in [4.78, 5) is 11.0. The van der Waals surface area contributed by atoms with Gasteiger partial charge in [-0.15, -0.1) is 11.3 Å². The number of thiophene rings is 1. The number of ether oxygens (including phenoxy) is 1. The SMILES string of the molecule is Cc1csc(C(=O)O)c1S(=O)(=O)N1CCOCC1(C)C. The Morgan fingerprint density at radius 3 is 2.70 bits per heavy atom. The molecule has 1 aliphatic heterocycles. The molecule has 8 heteroatoms. The average molecular weight is 319 g/mol. The summed E-state index contributed by atoms with van der Waals surface area (Å²) >= 11 is 0.939.